The highest BCUT2D eigenvalue weighted by molar-refractivity contribution is 5.73. The first-order valence-electron chi connectivity index (χ1n) is 10.3. The van der Waals surface area contributed by atoms with Crippen molar-refractivity contribution < 1.29 is 57.1 Å². The molecular formula is C20H31NO12. The molecule has 0 aromatic rings. The first-order valence-corrected chi connectivity index (χ1v) is 10.3. The Balaban J connectivity index is 2.96. The number of hydrogen-bond donors (Lipinski definition) is 1. The van der Waals surface area contributed by atoms with E-state index < -0.39 is 54.5 Å². The van der Waals surface area contributed by atoms with Crippen LogP contribution in [0.1, 0.15) is 27.7 Å². The summed E-state index contributed by atoms with van der Waals surface area (Å²) >= 11 is 0. The molecule has 1 saturated heterocycles. The second-order valence-electron chi connectivity index (χ2n) is 6.94. The lowest BCUT2D eigenvalue weighted by Crippen LogP contribution is -2.66. The fourth-order valence-electron chi connectivity index (χ4n) is 3.01. The zero-order valence-electron chi connectivity index (χ0n) is 19.1. The minimum absolute atomic E-state index is 0.0136. The number of ether oxygens (including phenoxy) is 7. The van der Waals surface area contributed by atoms with Gasteiger partial charge in [-0.1, -0.05) is 0 Å². The minimum atomic E-state index is -1.19. The maximum absolute atomic E-state index is 11.8. The average Bonchev–Trinajstić information content (AvgIpc) is 2.71. The van der Waals surface area contributed by atoms with Gasteiger partial charge in [0.25, 0.3) is 0 Å². The van der Waals surface area contributed by atoms with E-state index in [0.717, 1.165) is 13.8 Å². The molecule has 0 saturated carbocycles. The van der Waals surface area contributed by atoms with E-state index in [1.54, 1.807) is 0 Å². The van der Waals surface area contributed by atoms with E-state index >= 15 is 0 Å². The van der Waals surface area contributed by atoms with Gasteiger partial charge in [-0.15, -0.1) is 0 Å². The smallest absolute Gasteiger partial charge is 0.303 e. The number of hydrogen-bond acceptors (Lipinski definition) is 12. The van der Waals surface area contributed by atoms with E-state index in [4.69, 9.17) is 33.2 Å². The molecule has 0 unspecified atom stereocenters. The van der Waals surface area contributed by atoms with Crippen molar-refractivity contribution in [2.24, 2.45) is 0 Å². The monoisotopic (exact) mass is 477 g/mol. The quantitative estimate of drug-likeness (QED) is 0.139. The molecule has 1 fully saturated rings. The molecule has 0 aromatic heterocycles. The number of nitrogens with one attached hydrogen (secondary N) is 1. The molecule has 0 bridgehead atoms. The summed E-state index contributed by atoms with van der Waals surface area (Å²) in [6, 6.07) is -1.04. The minimum Gasteiger partial charge on any atom is -0.463 e. The molecule has 1 rings (SSSR count). The summed E-state index contributed by atoms with van der Waals surface area (Å²) in [5, 5.41) is 2.59. The third-order valence-corrected chi connectivity index (χ3v) is 4.14. The lowest BCUT2D eigenvalue weighted by atomic mass is 9.96. The molecule has 1 aliphatic rings. The summed E-state index contributed by atoms with van der Waals surface area (Å²) in [6.45, 7) is 4.97. The topological polar surface area (TPSA) is 162 Å². The molecule has 1 heterocycles. The van der Waals surface area contributed by atoms with E-state index in [1.165, 1.54) is 13.8 Å². The van der Waals surface area contributed by atoms with Gasteiger partial charge in [-0.2, -0.15) is 0 Å². The standard InChI is InChI=1S/C20H31NO12/c1-12(23)21-17-19(32-15(4)26)18(31-14(3)25)16(11-30-13(2)24)33-20(17)29-10-9-28-8-7-27-6-5-22/h5,16-20H,6-11H2,1-4H3,(H,21,23)/t16-,17-,18+,19-,20-/m1/s1. The van der Waals surface area contributed by atoms with Gasteiger partial charge in [0.15, 0.2) is 18.5 Å². The van der Waals surface area contributed by atoms with E-state index in [0.29, 0.717) is 6.29 Å². The largest absolute Gasteiger partial charge is 0.463 e. The van der Waals surface area contributed by atoms with E-state index in [9.17, 15) is 24.0 Å². The van der Waals surface area contributed by atoms with Crippen molar-refractivity contribution in [3.05, 3.63) is 0 Å². The van der Waals surface area contributed by atoms with Crippen LogP contribution in [0.3, 0.4) is 0 Å². The molecule has 13 heteroatoms. The molecule has 0 radical (unpaired) electrons. The number of amides is 1. The summed E-state index contributed by atoms with van der Waals surface area (Å²) in [7, 11) is 0. The van der Waals surface area contributed by atoms with Crippen LogP contribution in [0.4, 0.5) is 0 Å². The second-order valence-corrected chi connectivity index (χ2v) is 6.94. The van der Waals surface area contributed by atoms with Crippen molar-refractivity contribution in [3.8, 4) is 0 Å². The van der Waals surface area contributed by atoms with Crippen molar-refractivity contribution >= 4 is 30.1 Å². The SMILES string of the molecule is CC(=O)N[C@H]1[C@H](OCCOCCOCC=O)O[C@H](COC(C)=O)[C@H](OC(C)=O)[C@@H]1OC(C)=O. The molecule has 1 N–H and O–H groups in total. The van der Waals surface area contributed by atoms with Crippen LogP contribution < -0.4 is 5.32 Å². The van der Waals surface area contributed by atoms with Gasteiger partial charge in [-0.3, -0.25) is 19.2 Å². The summed E-state index contributed by atoms with van der Waals surface area (Å²) in [6.07, 6.45) is -3.95. The number of aldehydes is 1. The molecule has 188 valence electrons. The zero-order chi connectivity index (χ0) is 24.8. The molecular weight excluding hydrogens is 446 g/mol. The van der Waals surface area contributed by atoms with Crippen LogP contribution in [0.2, 0.25) is 0 Å². The van der Waals surface area contributed by atoms with Crippen LogP contribution in [0.25, 0.3) is 0 Å². The Bertz CT molecular complexity index is 669. The summed E-state index contributed by atoms with van der Waals surface area (Å²) in [4.78, 5) is 56.8. The van der Waals surface area contributed by atoms with Crippen molar-refractivity contribution in [3.63, 3.8) is 0 Å². The van der Waals surface area contributed by atoms with Gasteiger partial charge in [0.05, 0.1) is 26.4 Å². The van der Waals surface area contributed by atoms with Crippen molar-refractivity contribution in [2.75, 3.05) is 39.6 Å². The number of rotatable bonds is 14. The Morgan fingerprint density at radius 3 is 2.03 bits per heavy atom. The molecule has 0 aliphatic carbocycles. The lowest BCUT2D eigenvalue weighted by Gasteiger charge is -2.44. The van der Waals surface area contributed by atoms with Gasteiger partial charge in [0, 0.05) is 27.7 Å². The van der Waals surface area contributed by atoms with E-state index in [2.05, 4.69) is 5.32 Å². The average molecular weight is 477 g/mol. The number of carbonyl (C=O) groups is 5. The maximum Gasteiger partial charge on any atom is 0.303 e. The third-order valence-electron chi connectivity index (χ3n) is 4.14. The van der Waals surface area contributed by atoms with Crippen LogP contribution in [-0.4, -0.2) is 100 Å². The fraction of sp³-hybridized carbons (Fsp3) is 0.750. The van der Waals surface area contributed by atoms with Crippen LogP contribution in [0, 0.1) is 0 Å². The molecule has 0 aromatic carbocycles. The summed E-state index contributed by atoms with van der Waals surface area (Å²) < 4.78 is 37.5. The number of carbonyl (C=O) groups excluding carboxylic acids is 5. The fourth-order valence-corrected chi connectivity index (χ4v) is 3.01. The summed E-state index contributed by atoms with van der Waals surface area (Å²) in [5.74, 6) is -2.47. The van der Waals surface area contributed by atoms with Crippen molar-refractivity contribution in [1.82, 2.24) is 5.32 Å². The van der Waals surface area contributed by atoms with Gasteiger partial charge in [-0.05, 0) is 0 Å². The predicted octanol–water partition coefficient (Wildman–Crippen LogP) is -1.11. The molecule has 1 amide bonds. The lowest BCUT2D eigenvalue weighted by molar-refractivity contribution is -0.279. The van der Waals surface area contributed by atoms with E-state index in [1.807, 2.05) is 0 Å². The Hall–Kier alpha value is -2.61. The first-order chi connectivity index (χ1) is 15.6. The van der Waals surface area contributed by atoms with Gasteiger partial charge in [-0.25, -0.2) is 0 Å². The highest BCUT2D eigenvalue weighted by atomic mass is 16.7. The molecule has 5 atom stereocenters. The first kappa shape index (κ1) is 28.4. The van der Waals surface area contributed by atoms with Crippen LogP contribution in [0.5, 0.6) is 0 Å². The normalized spacial score (nSPS) is 24.4. The molecule has 13 nitrogen and oxygen atoms in total. The molecule has 1 aliphatic heterocycles. The Morgan fingerprint density at radius 1 is 0.848 bits per heavy atom. The zero-order valence-corrected chi connectivity index (χ0v) is 19.1. The van der Waals surface area contributed by atoms with E-state index in [-0.39, 0.29) is 39.6 Å². The highest BCUT2D eigenvalue weighted by Crippen LogP contribution is 2.28. The third kappa shape index (κ3) is 11.2. The maximum atomic E-state index is 11.8. The van der Waals surface area contributed by atoms with Crippen LogP contribution in [0.15, 0.2) is 0 Å². The molecule has 0 spiro atoms. The highest BCUT2D eigenvalue weighted by Gasteiger charge is 2.51. The van der Waals surface area contributed by atoms with Gasteiger partial charge in [0.2, 0.25) is 5.91 Å². The Morgan fingerprint density at radius 2 is 1.45 bits per heavy atom. The summed E-state index contributed by atoms with van der Waals surface area (Å²) in [5.41, 5.74) is 0. The van der Waals surface area contributed by atoms with Crippen LogP contribution in [-0.2, 0) is 57.1 Å². The van der Waals surface area contributed by atoms with Gasteiger partial charge < -0.3 is 43.3 Å². The Labute approximate surface area is 191 Å². The van der Waals surface area contributed by atoms with Crippen LogP contribution >= 0.6 is 0 Å². The van der Waals surface area contributed by atoms with Gasteiger partial charge >= 0.3 is 17.9 Å². The van der Waals surface area contributed by atoms with Gasteiger partial charge in [0.1, 0.15) is 31.6 Å². The predicted molar refractivity (Wildman–Crippen MR) is 108 cm³/mol. The number of esters is 3. The molecule has 33 heavy (non-hydrogen) atoms. The second kappa shape index (κ2) is 15.3. The van der Waals surface area contributed by atoms with Crippen molar-refractivity contribution in [2.45, 2.75) is 58.3 Å². The van der Waals surface area contributed by atoms with Crippen molar-refractivity contribution in [1.29, 1.82) is 0 Å². The Kier molecular flexibility index (Phi) is 13.1.